The number of aromatic nitrogens is 2. The third kappa shape index (κ3) is 2.85. The maximum atomic E-state index is 11.1. The predicted molar refractivity (Wildman–Crippen MR) is 101 cm³/mol. The van der Waals surface area contributed by atoms with Crippen molar-refractivity contribution >= 4 is 28.2 Å². The first-order chi connectivity index (χ1) is 12.5. The molecule has 5 N–H and O–H groups in total. The summed E-state index contributed by atoms with van der Waals surface area (Å²) in [7, 11) is 0. The van der Waals surface area contributed by atoms with E-state index in [-0.39, 0.29) is 11.4 Å². The molecule has 0 amide bonds. The van der Waals surface area contributed by atoms with Crippen molar-refractivity contribution in [2.75, 3.05) is 5.73 Å². The minimum absolute atomic E-state index is 0.122. The fourth-order valence-electron chi connectivity index (χ4n) is 2.94. The number of aromatic amines is 1. The summed E-state index contributed by atoms with van der Waals surface area (Å²) in [4.78, 5) is 22.8. The normalized spacial score (nSPS) is 15.2. The van der Waals surface area contributed by atoms with Gasteiger partial charge in [0.15, 0.2) is 0 Å². The first-order valence-corrected chi connectivity index (χ1v) is 8.39. The summed E-state index contributed by atoms with van der Waals surface area (Å²) in [5, 5.41) is 11.1. The first-order valence-electron chi connectivity index (χ1n) is 8.39. The molecular formula is C18H18N6O2. The Kier molecular flexibility index (Phi) is 3.80. The van der Waals surface area contributed by atoms with E-state index in [1.165, 1.54) is 18.6 Å². The summed E-state index contributed by atoms with van der Waals surface area (Å²) < 4.78 is 0. The lowest BCUT2D eigenvalue weighted by atomic mass is 9.94. The van der Waals surface area contributed by atoms with Crippen LogP contribution in [0.2, 0.25) is 0 Å². The molecule has 3 aromatic rings. The Hall–Kier alpha value is -3.42. The molecule has 0 atom stereocenters. The van der Waals surface area contributed by atoms with E-state index in [0.29, 0.717) is 23.3 Å². The average molecular weight is 350 g/mol. The van der Waals surface area contributed by atoms with E-state index in [0.717, 1.165) is 29.4 Å². The second-order valence-corrected chi connectivity index (χ2v) is 6.45. The van der Waals surface area contributed by atoms with Crippen molar-refractivity contribution in [3.63, 3.8) is 0 Å². The number of nitrogens with one attached hydrogen (secondary N) is 1. The van der Waals surface area contributed by atoms with Crippen molar-refractivity contribution in [3.05, 3.63) is 52.1 Å². The second-order valence-electron chi connectivity index (χ2n) is 6.45. The van der Waals surface area contributed by atoms with E-state index in [1.807, 2.05) is 18.2 Å². The molecule has 4 rings (SSSR count). The lowest BCUT2D eigenvalue weighted by Gasteiger charge is -2.21. The van der Waals surface area contributed by atoms with Gasteiger partial charge in [-0.15, -0.1) is 0 Å². The van der Waals surface area contributed by atoms with Gasteiger partial charge in [-0.05, 0) is 49.6 Å². The molecular weight excluding hydrogens is 332 g/mol. The van der Waals surface area contributed by atoms with Crippen LogP contribution in [0, 0.1) is 10.1 Å². The lowest BCUT2D eigenvalue weighted by Crippen LogP contribution is -2.22. The van der Waals surface area contributed by atoms with Gasteiger partial charge in [-0.25, -0.2) is 4.98 Å². The quantitative estimate of drug-likeness (QED) is 0.218. The number of benzene rings is 2. The topological polar surface area (TPSA) is 136 Å². The number of rotatable bonds is 4. The van der Waals surface area contributed by atoms with Crippen molar-refractivity contribution in [2.45, 2.75) is 25.3 Å². The number of anilines is 1. The molecule has 8 heteroatoms. The Balaban J connectivity index is 1.71. The Morgan fingerprint density at radius 3 is 2.77 bits per heavy atom. The monoisotopic (exact) mass is 350 g/mol. The highest BCUT2D eigenvalue weighted by molar-refractivity contribution is 6.00. The summed E-state index contributed by atoms with van der Waals surface area (Å²) in [6.07, 6.45) is 3.39. The number of nitro benzene ring substituents is 1. The molecule has 1 heterocycles. The summed E-state index contributed by atoms with van der Waals surface area (Å²) in [5.74, 6) is 1.06. The number of hydrogen-bond acceptors (Lipinski definition) is 5. The smallest absolute Gasteiger partial charge is 0.292 e. The molecule has 1 fully saturated rings. The Morgan fingerprint density at radius 1 is 1.27 bits per heavy atom. The third-order valence-electron chi connectivity index (χ3n) is 4.67. The minimum Gasteiger partial charge on any atom is -0.393 e. The van der Waals surface area contributed by atoms with Crippen molar-refractivity contribution in [3.8, 4) is 11.4 Å². The van der Waals surface area contributed by atoms with Crippen LogP contribution in [0.3, 0.4) is 0 Å². The summed E-state index contributed by atoms with van der Waals surface area (Å²) in [6.45, 7) is 0. The Bertz CT molecular complexity index is 1040. The van der Waals surface area contributed by atoms with Gasteiger partial charge in [-0.3, -0.25) is 15.1 Å². The van der Waals surface area contributed by atoms with Gasteiger partial charge >= 0.3 is 0 Å². The molecule has 1 aliphatic carbocycles. The number of nitrogens with zero attached hydrogens (tertiary/aromatic N) is 3. The third-order valence-corrected chi connectivity index (χ3v) is 4.67. The van der Waals surface area contributed by atoms with Crippen molar-refractivity contribution in [1.29, 1.82) is 0 Å². The molecule has 0 bridgehead atoms. The van der Waals surface area contributed by atoms with Crippen LogP contribution in [0.15, 0.2) is 41.4 Å². The highest BCUT2D eigenvalue weighted by atomic mass is 16.6. The van der Waals surface area contributed by atoms with Gasteiger partial charge in [0.05, 0.1) is 22.0 Å². The van der Waals surface area contributed by atoms with Gasteiger partial charge in [0.1, 0.15) is 17.3 Å². The van der Waals surface area contributed by atoms with E-state index in [1.54, 1.807) is 6.07 Å². The standard InChI is InChI=1S/C18H18N6O2/c19-13-6-4-11(9-16(13)24(25)26)18-22-14-7-5-10(8-15(14)23-18)17(20)21-12-2-1-3-12/h4-9,12H,1-3,19H2,(H2,20,21)(H,22,23). The zero-order valence-electron chi connectivity index (χ0n) is 14.0. The molecule has 0 spiro atoms. The molecule has 0 radical (unpaired) electrons. The minimum atomic E-state index is -0.503. The van der Waals surface area contributed by atoms with Crippen LogP contribution in [-0.2, 0) is 0 Å². The number of fused-ring (bicyclic) bond motifs is 1. The fourth-order valence-corrected chi connectivity index (χ4v) is 2.94. The molecule has 1 aromatic heterocycles. The number of hydrogen-bond donors (Lipinski definition) is 3. The number of nitrogens with two attached hydrogens (primary N) is 2. The number of nitro groups is 1. The number of amidine groups is 1. The fraction of sp³-hybridized carbons (Fsp3) is 0.222. The number of aliphatic imine (C=N–C) groups is 1. The second kappa shape index (κ2) is 6.14. The molecule has 1 saturated carbocycles. The van der Waals surface area contributed by atoms with Crippen LogP contribution < -0.4 is 11.5 Å². The average Bonchev–Trinajstić information content (AvgIpc) is 3.01. The molecule has 132 valence electrons. The van der Waals surface area contributed by atoms with E-state index < -0.39 is 4.92 Å². The van der Waals surface area contributed by atoms with E-state index >= 15 is 0 Å². The van der Waals surface area contributed by atoms with Gasteiger partial charge in [0, 0.05) is 17.2 Å². The lowest BCUT2D eigenvalue weighted by molar-refractivity contribution is -0.383. The summed E-state index contributed by atoms with van der Waals surface area (Å²) in [6, 6.07) is 10.6. The van der Waals surface area contributed by atoms with E-state index in [2.05, 4.69) is 15.0 Å². The number of imidazole rings is 1. The van der Waals surface area contributed by atoms with Crippen molar-refractivity contribution in [1.82, 2.24) is 9.97 Å². The summed E-state index contributed by atoms with van der Waals surface area (Å²) in [5.41, 5.74) is 14.7. The van der Waals surface area contributed by atoms with Gasteiger partial charge in [0.25, 0.3) is 5.69 Å². The van der Waals surface area contributed by atoms with Gasteiger partial charge in [-0.1, -0.05) is 0 Å². The predicted octanol–water partition coefficient (Wildman–Crippen LogP) is 2.98. The zero-order chi connectivity index (χ0) is 18.3. The number of H-pyrrole nitrogens is 1. The molecule has 26 heavy (non-hydrogen) atoms. The molecule has 0 saturated heterocycles. The highest BCUT2D eigenvalue weighted by Crippen LogP contribution is 2.29. The molecule has 0 aliphatic heterocycles. The van der Waals surface area contributed by atoms with E-state index in [4.69, 9.17) is 11.5 Å². The first kappa shape index (κ1) is 16.1. The van der Waals surface area contributed by atoms with Gasteiger partial charge < -0.3 is 16.5 Å². The molecule has 1 aliphatic rings. The van der Waals surface area contributed by atoms with Crippen molar-refractivity contribution in [2.24, 2.45) is 10.7 Å². The van der Waals surface area contributed by atoms with Crippen LogP contribution >= 0.6 is 0 Å². The van der Waals surface area contributed by atoms with Crippen LogP contribution in [0.5, 0.6) is 0 Å². The molecule has 0 unspecified atom stereocenters. The largest absolute Gasteiger partial charge is 0.393 e. The molecule has 2 aromatic carbocycles. The van der Waals surface area contributed by atoms with Crippen LogP contribution in [0.4, 0.5) is 11.4 Å². The van der Waals surface area contributed by atoms with Crippen LogP contribution in [0.25, 0.3) is 22.4 Å². The summed E-state index contributed by atoms with van der Waals surface area (Å²) >= 11 is 0. The van der Waals surface area contributed by atoms with Crippen molar-refractivity contribution < 1.29 is 4.92 Å². The van der Waals surface area contributed by atoms with E-state index in [9.17, 15) is 10.1 Å². The Morgan fingerprint density at radius 2 is 2.08 bits per heavy atom. The Labute approximate surface area is 149 Å². The maximum absolute atomic E-state index is 11.1. The van der Waals surface area contributed by atoms with Gasteiger partial charge in [-0.2, -0.15) is 0 Å². The van der Waals surface area contributed by atoms with Crippen LogP contribution in [0.1, 0.15) is 24.8 Å². The maximum Gasteiger partial charge on any atom is 0.292 e. The van der Waals surface area contributed by atoms with Crippen LogP contribution in [-0.4, -0.2) is 26.8 Å². The zero-order valence-corrected chi connectivity index (χ0v) is 14.0. The highest BCUT2D eigenvalue weighted by Gasteiger charge is 2.17. The number of nitrogen functional groups attached to an aromatic ring is 1. The molecule has 8 nitrogen and oxygen atoms in total. The SMILES string of the molecule is NC(=NC1CCC1)c1ccc2nc(-c3ccc(N)c([N+](=O)[O-])c3)[nH]c2c1. The van der Waals surface area contributed by atoms with Gasteiger partial charge in [0.2, 0.25) is 0 Å².